The molecule has 1 aliphatic rings. The molecule has 0 aliphatic heterocycles. The topological polar surface area (TPSA) is 57.9 Å². The summed E-state index contributed by atoms with van der Waals surface area (Å²) in [5.41, 5.74) is 6.45. The molecule has 5 aromatic rings. The quantitative estimate of drug-likeness (QED) is 0.259. The van der Waals surface area contributed by atoms with Gasteiger partial charge in [0, 0.05) is 17.7 Å². The molecule has 6 rings (SSSR count). The van der Waals surface area contributed by atoms with Crippen molar-refractivity contribution in [2.45, 2.75) is 13.0 Å². The molecule has 0 radical (unpaired) electrons. The first-order valence-corrected chi connectivity index (χ1v) is 11.8. The Morgan fingerprint density at radius 3 is 2.25 bits per heavy atom. The maximum Gasteiger partial charge on any atom is 0.197 e. The van der Waals surface area contributed by atoms with E-state index in [-0.39, 0.29) is 5.43 Å². The van der Waals surface area contributed by atoms with Gasteiger partial charge in [-0.25, -0.2) is 0 Å². The monoisotopic (exact) mass is 476 g/mol. The van der Waals surface area contributed by atoms with Crippen LogP contribution in [0.15, 0.2) is 94.1 Å². The Kier molecular flexibility index (Phi) is 5.45. The van der Waals surface area contributed by atoms with E-state index in [1.807, 2.05) is 60.7 Å². The van der Waals surface area contributed by atoms with Crippen molar-refractivity contribution in [1.82, 2.24) is 0 Å². The van der Waals surface area contributed by atoms with Crippen LogP contribution in [-0.4, -0.2) is 14.2 Å². The molecule has 0 N–H and O–H groups in total. The van der Waals surface area contributed by atoms with Crippen LogP contribution in [0.2, 0.25) is 0 Å². The molecular weight excluding hydrogens is 452 g/mol. The predicted molar refractivity (Wildman–Crippen MR) is 140 cm³/mol. The SMILES string of the molecule is COc1cc(OC)c2c(=O)cc(-c3ccc(OCc4ccccc4)cc3)oc2c1-c1ccc2c(c1)C2. The smallest absolute Gasteiger partial charge is 0.197 e. The minimum absolute atomic E-state index is 0.178. The fourth-order valence-corrected chi connectivity index (χ4v) is 4.52. The lowest BCUT2D eigenvalue weighted by Gasteiger charge is -2.15. The van der Waals surface area contributed by atoms with Crippen LogP contribution in [0.3, 0.4) is 0 Å². The first-order chi connectivity index (χ1) is 17.6. The van der Waals surface area contributed by atoms with Crippen molar-refractivity contribution >= 4 is 11.0 Å². The van der Waals surface area contributed by atoms with E-state index in [2.05, 4.69) is 12.1 Å². The second-order valence-electron chi connectivity index (χ2n) is 8.79. The number of fused-ring (bicyclic) bond motifs is 2. The molecule has 0 amide bonds. The Labute approximate surface area is 208 Å². The van der Waals surface area contributed by atoms with E-state index in [0.717, 1.165) is 34.4 Å². The Bertz CT molecular complexity index is 1630. The van der Waals surface area contributed by atoms with Crippen molar-refractivity contribution < 1.29 is 18.6 Å². The van der Waals surface area contributed by atoms with Crippen LogP contribution in [0.5, 0.6) is 17.2 Å². The highest BCUT2D eigenvalue weighted by atomic mass is 16.5. The molecule has 4 aromatic carbocycles. The van der Waals surface area contributed by atoms with Gasteiger partial charge < -0.3 is 18.6 Å². The Balaban J connectivity index is 1.43. The molecule has 36 heavy (non-hydrogen) atoms. The van der Waals surface area contributed by atoms with Gasteiger partial charge in [0.25, 0.3) is 0 Å². The van der Waals surface area contributed by atoms with E-state index < -0.39 is 0 Å². The van der Waals surface area contributed by atoms with Gasteiger partial charge in [-0.2, -0.15) is 0 Å². The van der Waals surface area contributed by atoms with Crippen molar-refractivity contribution in [3.8, 4) is 39.7 Å². The van der Waals surface area contributed by atoms with Gasteiger partial charge in [-0.1, -0.05) is 48.5 Å². The lowest BCUT2D eigenvalue weighted by atomic mass is 10.00. The first-order valence-electron chi connectivity index (χ1n) is 11.8. The minimum Gasteiger partial charge on any atom is -0.496 e. The largest absolute Gasteiger partial charge is 0.496 e. The van der Waals surface area contributed by atoms with Gasteiger partial charge in [0.2, 0.25) is 0 Å². The molecule has 0 spiro atoms. The van der Waals surface area contributed by atoms with Gasteiger partial charge in [0.1, 0.15) is 35.0 Å². The fourth-order valence-electron chi connectivity index (χ4n) is 4.52. The van der Waals surface area contributed by atoms with E-state index in [9.17, 15) is 4.79 Å². The summed E-state index contributed by atoms with van der Waals surface area (Å²) in [6.07, 6.45) is 0.990. The highest BCUT2D eigenvalue weighted by molar-refractivity contribution is 6.00. The van der Waals surface area contributed by atoms with Gasteiger partial charge in [0.05, 0.1) is 19.8 Å². The average molecular weight is 477 g/mol. The van der Waals surface area contributed by atoms with Crippen molar-refractivity contribution in [3.63, 3.8) is 0 Å². The Hall–Kier alpha value is -4.51. The molecule has 0 saturated carbocycles. The summed E-state index contributed by atoms with van der Waals surface area (Å²) in [6.45, 7) is 0.481. The summed E-state index contributed by atoms with van der Waals surface area (Å²) in [7, 11) is 3.14. The molecule has 0 unspecified atom stereocenters. The third-order valence-electron chi connectivity index (χ3n) is 6.51. The molecular formula is C31H24O5. The molecule has 5 heteroatoms. The molecule has 1 aliphatic carbocycles. The third kappa shape index (κ3) is 3.99. The standard InChI is InChI=1S/C31H24O5/c1-33-27-17-28(34-2)30-25(32)16-26(36-31(30)29(27)22-9-8-21-14-23(21)15-22)20-10-12-24(13-11-20)35-18-19-6-4-3-5-7-19/h3-13,15-17H,14,18H2,1-2H3. The Morgan fingerprint density at radius 2 is 1.53 bits per heavy atom. The summed E-state index contributed by atoms with van der Waals surface area (Å²) in [6, 6.07) is 27.1. The van der Waals surface area contributed by atoms with Crippen LogP contribution < -0.4 is 19.6 Å². The lowest BCUT2D eigenvalue weighted by Crippen LogP contribution is -2.05. The average Bonchev–Trinajstić information content (AvgIpc) is 3.70. The van der Waals surface area contributed by atoms with Crippen LogP contribution in [0.25, 0.3) is 33.4 Å². The van der Waals surface area contributed by atoms with Gasteiger partial charge in [-0.15, -0.1) is 0 Å². The van der Waals surface area contributed by atoms with Gasteiger partial charge >= 0.3 is 0 Å². The highest BCUT2D eigenvalue weighted by Gasteiger charge is 2.24. The molecule has 5 nitrogen and oxygen atoms in total. The molecule has 1 aromatic heterocycles. The van der Waals surface area contributed by atoms with Crippen molar-refractivity contribution in [2.24, 2.45) is 0 Å². The van der Waals surface area contributed by atoms with Gasteiger partial charge in [-0.3, -0.25) is 4.79 Å². The Morgan fingerprint density at radius 1 is 0.778 bits per heavy atom. The maximum atomic E-state index is 13.3. The van der Waals surface area contributed by atoms with Crippen molar-refractivity contribution in [1.29, 1.82) is 0 Å². The predicted octanol–water partition coefficient (Wildman–Crippen LogP) is 6.63. The normalized spacial score (nSPS) is 11.7. The highest BCUT2D eigenvalue weighted by Crippen LogP contribution is 2.44. The van der Waals surface area contributed by atoms with E-state index in [0.29, 0.717) is 34.8 Å². The first kappa shape index (κ1) is 22.0. The lowest BCUT2D eigenvalue weighted by molar-refractivity contribution is 0.306. The summed E-state index contributed by atoms with van der Waals surface area (Å²) >= 11 is 0. The minimum atomic E-state index is -0.178. The van der Waals surface area contributed by atoms with Crippen molar-refractivity contribution in [2.75, 3.05) is 14.2 Å². The number of hydrogen-bond donors (Lipinski definition) is 0. The molecule has 0 atom stereocenters. The van der Waals surface area contributed by atoms with Crippen LogP contribution in [0, 0.1) is 0 Å². The van der Waals surface area contributed by atoms with Gasteiger partial charge in [-0.05, 0) is 52.9 Å². The molecule has 178 valence electrons. The summed E-state index contributed by atoms with van der Waals surface area (Å²) in [5, 5.41) is 0.393. The molecule has 0 saturated heterocycles. The third-order valence-corrected chi connectivity index (χ3v) is 6.51. The van der Waals surface area contributed by atoms with Crippen LogP contribution in [0.4, 0.5) is 0 Å². The van der Waals surface area contributed by atoms with Crippen LogP contribution >= 0.6 is 0 Å². The number of methoxy groups -OCH3 is 2. The molecule has 0 bridgehead atoms. The number of hydrogen-bond acceptors (Lipinski definition) is 5. The van der Waals surface area contributed by atoms with Crippen molar-refractivity contribution in [3.05, 3.63) is 112 Å². The van der Waals surface area contributed by atoms with Crippen LogP contribution in [-0.2, 0) is 13.0 Å². The van der Waals surface area contributed by atoms with Gasteiger partial charge in [0.15, 0.2) is 11.0 Å². The summed E-state index contributed by atoms with van der Waals surface area (Å²) in [4.78, 5) is 13.3. The van der Waals surface area contributed by atoms with E-state index >= 15 is 0 Å². The molecule has 0 fully saturated rings. The van der Waals surface area contributed by atoms with Crippen LogP contribution in [0.1, 0.15) is 16.7 Å². The fraction of sp³-hybridized carbons (Fsp3) is 0.129. The maximum absolute atomic E-state index is 13.3. The second kappa shape index (κ2) is 8.93. The molecule has 1 heterocycles. The zero-order chi connectivity index (χ0) is 24.6. The zero-order valence-electron chi connectivity index (χ0n) is 20.0. The number of rotatable bonds is 7. The zero-order valence-corrected chi connectivity index (χ0v) is 20.0. The van der Waals surface area contributed by atoms with E-state index in [4.69, 9.17) is 18.6 Å². The number of benzene rings is 4. The summed E-state index contributed by atoms with van der Waals surface area (Å²) in [5.74, 6) is 2.21. The second-order valence-corrected chi connectivity index (χ2v) is 8.79. The van der Waals surface area contributed by atoms with E-state index in [1.54, 1.807) is 13.2 Å². The van der Waals surface area contributed by atoms with E-state index in [1.165, 1.54) is 24.3 Å². The summed E-state index contributed by atoms with van der Waals surface area (Å²) < 4.78 is 23.6. The number of ether oxygens (including phenoxy) is 3.